The molecule has 1 aliphatic heterocycles. The van der Waals surface area contributed by atoms with Gasteiger partial charge in [0.15, 0.2) is 0 Å². The van der Waals surface area contributed by atoms with Crippen molar-refractivity contribution in [2.75, 3.05) is 5.32 Å². The van der Waals surface area contributed by atoms with Gasteiger partial charge in [0, 0.05) is 48.4 Å². The molecule has 35 heavy (non-hydrogen) atoms. The van der Waals surface area contributed by atoms with Gasteiger partial charge >= 0.3 is 5.97 Å². The summed E-state index contributed by atoms with van der Waals surface area (Å²) in [7, 11) is 1.67. The van der Waals surface area contributed by atoms with Gasteiger partial charge in [-0.05, 0) is 65.1 Å². The molecule has 4 aromatic rings. The minimum atomic E-state index is -1.02. The number of anilines is 1. The van der Waals surface area contributed by atoms with Crippen LogP contribution in [0.2, 0.25) is 5.02 Å². The lowest BCUT2D eigenvalue weighted by molar-refractivity contribution is -0.118. The molecule has 1 saturated carbocycles. The summed E-state index contributed by atoms with van der Waals surface area (Å²) in [5.41, 5.74) is 4.03. The number of rotatable bonds is 4. The van der Waals surface area contributed by atoms with Gasteiger partial charge in [-0.3, -0.25) is 9.78 Å². The number of amides is 1. The third-order valence-corrected chi connectivity index (χ3v) is 7.43. The summed E-state index contributed by atoms with van der Waals surface area (Å²) in [5.74, 6) is -1.69. The number of nitrogens with one attached hydrogen (secondary N) is 1. The van der Waals surface area contributed by atoms with Crippen molar-refractivity contribution < 1.29 is 19.1 Å². The highest BCUT2D eigenvalue weighted by Gasteiger charge is 2.65. The quantitative estimate of drug-likeness (QED) is 0.391. The molecule has 0 saturated heterocycles. The molecule has 1 fully saturated rings. The number of benzene rings is 2. The van der Waals surface area contributed by atoms with Crippen LogP contribution < -0.4 is 5.32 Å². The Morgan fingerprint density at radius 1 is 1.14 bits per heavy atom. The second-order valence-electron chi connectivity index (χ2n) is 9.07. The molecule has 2 atom stereocenters. The average Bonchev–Trinajstić information content (AvgIpc) is 3.38. The molecule has 2 unspecified atom stereocenters. The molecule has 2 aromatic heterocycles. The van der Waals surface area contributed by atoms with E-state index in [-0.39, 0.29) is 23.3 Å². The Morgan fingerprint density at radius 2 is 1.91 bits per heavy atom. The zero-order chi connectivity index (χ0) is 24.5. The summed E-state index contributed by atoms with van der Waals surface area (Å²) in [4.78, 5) is 28.6. The fraction of sp³-hybridized carbons (Fsp3) is 0.148. The summed E-state index contributed by atoms with van der Waals surface area (Å²) in [5, 5.41) is 12.7. The van der Waals surface area contributed by atoms with Crippen LogP contribution in [0.1, 0.15) is 34.0 Å². The van der Waals surface area contributed by atoms with Crippen LogP contribution in [0, 0.1) is 5.82 Å². The van der Waals surface area contributed by atoms with Gasteiger partial charge in [0.2, 0.25) is 5.91 Å². The zero-order valence-corrected chi connectivity index (χ0v) is 19.3. The van der Waals surface area contributed by atoms with Gasteiger partial charge in [-0.15, -0.1) is 0 Å². The first-order chi connectivity index (χ1) is 16.8. The van der Waals surface area contributed by atoms with Crippen molar-refractivity contribution in [1.82, 2.24) is 9.55 Å². The fourth-order valence-corrected chi connectivity index (χ4v) is 5.55. The summed E-state index contributed by atoms with van der Waals surface area (Å²) < 4.78 is 16.6. The molecule has 2 aromatic carbocycles. The Balaban J connectivity index is 1.40. The predicted octanol–water partition coefficient (Wildman–Crippen LogP) is 5.62. The first-order valence-electron chi connectivity index (χ1n) is 11.0. The standard InChI is InChI=1S/C27H19ClFN3O3/c1-32-13-16(9-24(32)25(33)34)20-12-27(20)19-10-18(21(28)11-23(19)31-26(27)35)15-2-3-17(22(29)8-15)14-4-6-30-7-5-14/h2-11,13,20H,12H2,1H3,(H,31,35)(H,33,34). The van der Waals surface area contributed by atoms with Crippen LogP contribution in [0.15, 0.2) is 67.1 Å². The van der Waals surface area contributed by atoms with Gasteiger partial charge in [-0.1, -0.05) is 23.7 Å². The summed E-state index contributed by atoms with van der Waals surface area (Å²) in [6.07, 6.45) is 5.55. The van der Waals surface area contributed by atoms with Gasteiger partial charge in [-0.2, -0.15) is 0 Å². The molecule has 174 valence electrons. The number of aryl methyl sites for hydroxylation is 1. The highest BCUT2D eigenvalue weighted by Crippen LogP contribution is 2.65. The summed E-state index contributed by atoms with van der Waals surface area (Å²) in [6, 6.07) is 13.6. The molecule has 6 rings (SSSR count). The Bertz CT molecular complexity index is 1550. The predicted molar refractivity (Wildman–Crippen MR) is 130 cm³/mol. The Kier molecular flexibility index (Phi) is 4.63. The number of hydrogen-bond acceptors (Lipinski definition) is 3. The number of carboxylic acid groups (broad SMARTS) is 1. The number of nitrogens with zero attached hydrogens (tertiary/aromatic N) is 2. The smallest absolute Gasteiger partial charge is 0.352 e. The third-order valence-electron chi connectivity index (χ3n) is 7.12. The van der Waals surface area contributed by atoms with Crippen LogP contribution >= 0.6 is 11.6 Å². The zero-order valence-electron chi connectivity index (χ0n) is 18.5. The monoisotopic (exact) mass is 487 g/mol. The van der Waals surface area contributed by atoms with Gasteiger partial charge in [0.1, 0.15) is 11.5 Å². The summed E-state index contributed by atoms with van der Waals surface area (Å²) >= 11 is 6.57. The lowest BCUT2D eigenvalue weighted by Gasteiger charge is -2.13. The van der Waals surface area contributed by atoms with Crippen LogP contribution in [0.3, 0.4) is 0 Å². The van der Waals surface area contributed by atoms with Crippen LogP contribution in [0.25, 0.3) is 22.3 Å². The molecule has 3 heterocycles. The maximum absolute atomic E-state index is 15.1. The van der Waals surface area contributed by atoms with Crippen molar-refractivity contribution in [3.05, 3.63) is 94.8 Å². The van der Waals surface area contributed by atoms with E-state index >= 15 is 4.39 Å². The van der Waals surface area contributed by atoms with Crippen molar-refractivity contribution in [3.63, 3.8) is 0 Å². The van der Waals surface area contributed by atoms with Crippen molar-refractivity contribution >= 4 is 29.2 Å². The first-order valence-corrected chi connectivity index (χ1v) is 11.4. The molecule has 6 nitrogen and oxygen atoms in total. The molecule has 1 amide bonds. The second-order valence-corrected chi connectivity index (χ2v) is 9.47. The molecule has 0 bridgehead atoms. The van der Waals surface area contributed by atoms with Crippen molar-refractivity contribution in [2.45, 2.75) is 17.8 Å². The molecule has 1 aliphatic carbocycles. The van der Waals surface area contributed by atoms with E-state index in [1.54, 1.807) is 60.5 Å². The van der Waals surface area contributed by atoms with E-state index in [1.807, 2.05) is 12.1 Å². The van der Waals surface area contributed by atoms with Crippen molar-refractivity contribution in [1.29, 1.82) is 0 Å². The third kappa shape index (κ3) is 3.19. The van der Waals surface area contributed by atoms with Crippen molar-refractivity contribution in [2.24, 2.45) is 7.05 Å². The van der Waals surface area contributed by atoms with E-state index in [2.05, 4.69) is 10.3 Å². The van der Waals surface area contributed by atoms with Crippen LogP contribution in [0.4, 0.5) is 10.1 Å². The minimum absolute atomic E-state index is 0.134. The topological polar surface area (TPSA) is 84.2 Å². The van der Waals surface area contributed by atoms with Crippen LogP contribution in [-0.4, -0.2) is 26.5 Å². The van der Waals surface area contributed by atoms with Gasteiger partial charge in [0.25, 0.3) is 0 Å². The second kappa shape index (κ2) is 7.52. The van der Waals surface area contributed by atoms with Crippen LogP contribution in [0.5, 0.6) is 0 Å². The Labute approximate surface area is 205 Å². The number of carboxylic acids is 1. The van der Waals surface area contributed by atoms with E-state index in [9.17, 15) is 14.7 Å². The molecular weight excluding hydrogens is 469 g/mol. The maximum Gasteiger partial charge on any atom is 0.352 e. The van der Waals surface area contributed by atoms with Crippen LogP contribution in [-0.2, 0) is 17.3 Å². The van der Waals surface area contributed by atoms with Gasteiger partial charge in [0.05, 0.1) is 10.4 Å². The Morgan fingerprint density at radius 3 is 2.60 bits per heavy atom. The minimum Gasteiger partial charge on any atom is -0.477 e. The number of fused-ring (bicyclic) bond motifs is 2. The number of carbonyl (C=O) groups excluding carboxylic acids is 1. The Hall–Kier alpha value is -3.97. The lowest BCUT2D eigenvalue weighted by atomic mass is 9.90. The van der Waals surface area contributed by atoms with E-state index < -0.39 is 11.4 Å². The number of hydrogen-bond donors (Lipinski definition) is 2. The number of carbonyl (C=O) groups is 2. The number of halogens is 2. The maximum atomic E-state index is 15.1. The largest absolute Gasteiger partial charge is 0.477 e. The molecule has 2 aliphatic rings. The highest BCUT2D eigenvalue weighted by molar-refractivity contribution is 6.34. The first kappa shape index (κ1) is 21.6. The molecular formula is C27H19ClFN3O3. The van der Waals surface area contributed by atoms with E-state index in [0.717, 1.165) is 16.7 Å². The number of aromatic carboxylic acids is 1. The van der Waals surface area contributed by atoms with Crippen molar-refractivity contribution in [3.8, 4) is 22.3 Å². The summed E-state index contributed by atoms with van der Waals surface area (Å²) in [6.45, 7) is 0. The molecule has 0 radical (unpaired) electrons. The van der Waals surface area contributed by atoms with E-state index in [0.29, 0.717) is 33.8 Å². The molecule has 1 spiro atoms. The number of aromatic nitrogens is 2. The SMILES string of the molecule is Cn1cc(C2CC23C(=O)Nc2cc(Cl)c(-c4ccc(-c5ccncc5)c(F)c4)cc23)cc1C(=O)O. The van der Waals surface area contributed by atoms with E-state index in [1.165, 1.54) is 6.07 Å². The molecule has 2 N–H and O–H groups in total. The molecule has 8 heteroatoms. The fourth-order valence-electron chi connectivity index (χ4n) is 5.28. The van der Waals surface area contributed by atoms with Gasteiger partial charge in [-0.25, -0.2) is 9.18 Å². The van der Waals surface area contributed by atoms with E-state index in [4.69, 9.17) is 11.6 Å². The lowest BCUT2D eigenvalue weighted by Crippen LogP contribution is -2.20. The average molecular weight is 488 g/mol. The van der Waals surface area contributed by atoms with Gasteiger partial charge < -0.3 is 15.0 Å². The normalized spacial score (nSPS) is 20.1. The number of pyridine rings is 1. The highest BCUT2D eigenvalue weighted by atomic mass is 35.5.